The molecule has 2 rings (SSSR count). The average molecular weight is 241 g/mol. The summed E-state index contributed by atoms with van der Waals surface area (Å²) in [5.74, 6) is -0.809. The van der Waals surface area contributed by atoms with E-state index < -0.39 is 5.82 Å². The molecule has 1 N–H and O–H groups in total. The van der Waals surface area contributed by atoms with Crippen molar-refractivity contribution in [2.24, 2.45) is 0 Å². The number of nitrogens with one attached hydrogen (secondary N) is 1. The second-order valence-corrected chi connectivity index (χ2v) is 3.81. The molecular formula is C15H12FNO. The third-order valence-corrected chi connectivity index (χ3v) is 2.47. The fourth-order valence-corrected chi connectivity index (χ4v) is 1.55. The Morgan fingerprint density at radius 1 is 1.00 bits per heavy atom. The van der Waals surface area contributed by atoms with Gasteiger partial charge in [-0.1, -0.05) is 43.0 Å². The molecule has 0 atom stereocenters. The fourth-order valence-electron chi connectivity index (χ4n) is 1.55. The molecule has 0 heterocycles. The Morgan fingerprint density at radius 3 is 2.33 bits per heavy atom. The summed E-state index contributed by atoms with van der Waals surface area (Å²) in [5, 5.41) is 2.64. The highest BCUT2D eigenvalue weighted by molar-refractivity contribution is 5.99. The van der Waals surface area contributed by atoms with E-state index in [-0.39, 0.29) is 11.5 Å². The van der Waals surface area contributed by atoms with Gasteiger partial charge in [-0.05, 0) is 23.8 Å². The lowest BCUT2D eigenvalue weighted by Gasteiger charge is -2.08. The second kappa shape index (κ2) is 5.27. The van der Waals surface area contributed by atoms with Gasteiger partial charge >= 0.3 is 0 Å². The van der Waals surface area contributed by atoms with Gasteiger partial charge in [-0.15, -0.1) is 0 Å². The van der Waals surface area contributed by atoms with Crippen molar-refractivity contribution < 1.29 is 9.18 Å². The van der Waals surface area contributed by atoms with E-state index in [0.29, 0.717) is 5.70 Å². The number of amides is 1. The van der Waals surface area contributed by atoms with Crippen LogP contribution in [-0.2, 0) is 0 Å². The number of hydrogen-bond acceptors (Lipinski definition) is 1. The van der Waals surface area contributed by atoms with Crippen molar-refractivity contribution >= 4 is 11.6 Å². The van der Waals surface area contributed by atoms with Gasteiger partial charge in [0.05, 0.1) is 0 Å². The lowest BCUT2D eigenvalue weighted by Crippen LogP contribution is -2.21. The first kappa shape index (κ1) is 12.0. The zero-order chi connectivity index (χ0) is 13.0. The Morgan fingerprint density at radius 2 is 1.67 bits per heavy atom. The van der Waals surface area contributed by atoms with Gasteiger partial charge in [0.25, 0.3) is 5.91 Å². The van der Waals surface area contributed by atoms with Crippen molar-refractivity contribution in [1.29, 1.82) is 0 Å². The topological polar surface area (TPSA) is 29.1 Å². The summed E-state index contributed by atoms with van der Waals surface area (Å²) in [5.41, 5.74) is 1.58. The van der Waals surface area contributed by atoms with Crippen molar-refractivity contribution in [2.75, 3.05) is 0 Å². The van der Waals surface area contributed by atoms with E-state index in [0.717, 1.165) is 5.56 Å². The summed E-state index contributed by atoms with van der Waals surface area (Å²) < 4.78 is 13.0. The van der Waals surface area contributed by atoms with Crippen LogP contribution in [0.15, 0.2) is 61.2 Å². The highest BCUT2D eigenvalue weighted by atomic mass is 19.1. The first-order valence-electron chi connectivity index (χ1n) is 5.48. The van der Waals surface area contributed by atoms with Crippen molar-refractivity contribution in [3.63, 3.8) is 0 Å². The molecule has 90 valence electrons. The molecule has 1 amide bonds. The van der Waals surface area contributed by atoms with Crippen molar-refractivity contribution in [2.45, 2.75) is 0 Å². The highest BCUT2D eigenvalue weighted by Crippen LogP contribution is 2.10. The summed E-state index contributed by atoms with van der Waals surface area (Å²) in [4.78, 5) is 11.8. The van der Waals surface area contributed by atoms with Crippen LogP contribution >= 0.6 is 0 Å². The Balaban J connectivity index is 2.11. The van der Waals surface area contributed by atoms with E-state index in [9.17, 15) is 9.18 Å². The van der Waals surface area contributed by atoms with Crippen molar-refractivity contribution in [3.8, 4) is 0 Å². The maximum Gasteiger partial charge on any atom is 0.255 e. The largest absolute Gasteiger partial charge is 0.322 e. The van der Waals surface area contributed by atoms with E-state index in [1.807, 2.05) is 30.3 Å². The third-order valence-electron chi connectivity index (χ3n) is 2.47. The predicted molar refractivity (Wildman–Crippen MR) is 69.3 cm³/mol. The molecule has 0 aliphatic carbocycles. The van der Waals surface area contributed by atoms with Gasteiger partial charge in [0, 0.05) is 11.3 Å². The van der Waals surface area contributed by atoms with Crippen molar-refractivity contribution in [3.05, 3.63) is 78.1 Å². The molecule has 0 radical (unpaired) electrons. The Kier molecular flexibility index (Phi) is 3.53. The van der Waals surface area contributed by atoms with Crippen LogP contribution in [0.1, 0.15) is 15.9 Å². The minimum atomic E-state index is -0.437. The van der Waals surface area contributed by atoms with E-state index in [1.54, 1.807) is 6.07 Å². The summed E-state index contributed by atoms with van der Waals surface area (Å²) >= 11 is 0. The fraction of sp³-hybridized carbons (Fsp3) is 0. The van der Waals surface area contributed by atoms with E-state index >= 15 is 0 Å². The molecule has 0 saturated carbocycles. The molecular weight excluding hydrogens is 229 g/mol. The van der Waals surface area contributed by atoms with Crippen LogP contribution in [0.4, 0.5) is 4.39 Å². The maximum atomic E-state index is 13.0. The van der Waals surface area contributed by atoms with Crippen LogP contribution in [-0.4, -0.2) is 5.91 Å². The van der Waals surface area contributed by atoms with Gasteiger partial charge in [0.1, 0.15) is 5.82 Å². The van der Waals surface area contributed by atoms with Gasteiger partial charge < -0.3 is 5.32 Å². The van der Waals surface area contributed by atoms with E-state index in [4.69, 9.17) is 0 Å². The molecule has 0 aromatic heterocycles. The zero-order valence-corrected chi connectivity index (χ0v) is 9.69. The first-order valence-corrected chi connectivity index (χ1v) is 5.48. The molecule has 0 aliphatic rings. The number of halogens is 1. The molecule has 2 aromatic rings. The van der Waals surface area contributed by atoms with Crippen LogP contribution in [0.2, 0.25) is 0 Å². The van der Waals surface area contributed by atoms with Gasteiger partial charge in [-0.2, -0.15) is 0 Å². The molecule has 2 aromatic carbocycles. The molecule has 2 nitrogen and oxygen atoms in total. The molecule has 0 spiro atoms. The molecule has 0 aliphatic heterocycles. The van der Waals surface area contributed by atoms with E-state index in [1.165, 1.54) is 18.2 Å². The second-order valence-electron chi connectivity index (χ2n) is 3.81. The van der Waals surface area contributed by atoms with Crippen LogP contribution in [0.5, 0.6) is 0 Å². The Bertz CT molecular complexity index is 578. The van der Waals surface area contributed by atoms with Gasteiger partial charge in [-0.3, -0.25) is 4.79 Å². The standard InChI is InChI=1S/C15H12FNO/c1-11(12-6-3-2-4-7-12)17-15(18)13-8-5-9-14(16)10-13/h2-10H,1H2,(H,17,18). The Labute approximate surface area is 105 Å². The number of benzene rings is 2. The van der Waals surface area contributed by atoms with Crippen LogP contribution < -0.4 is 5.32 Å². The first-order chi connectivity index (χ1) is 8.66. The molecule has 0 bridgehead atoms. The molecule has 18 heavy (non-hydrogen) atoms. The predicted octanol–water partition coefficient (Wildman–Crippen LogP) is 3.23. The monoisotopic (exact) mass is 241 g/mol. The summed E-state index contributed by atoms with van der Waals surface area (Å²) in [6.07, 6.45) is 0. The molecule has 0 unspecified atom stereocenters. The lowest BCUT2D eigenvalue weighted by molar-refractivity contribution is 0.0973. The molecule has 0 saturated heterocycles. The zero-order valence-electron chi connectivity index (χ0n) is 9.69. The minimum absolute atomic E-state index is 0.270. The quantitative estimate of drug-likeness (QED) is 0.878. The molecule has 0 fully saturated rings. The van der Waals surface area contributed by atoms with Crippen molar-refractivity contribution in [1.82, 2.24) is 5.32 Å². The number of carbonyl (C=O) groups excluding carboxylic acids is 1. The van der Waals surface area contributed by atoms with Crippen LogP contribution in [0, 0.1) is 5.82 Å². The van der Waals surface area contributed by atoms with Crippen LogP contribution in [0.25, 0.3) is 5.70 Å². The normalized spacial score (nSPS) is 9.83. The third kappa shape index (κ3) is 2.83. The summed E-state index contributed by atoms with van der Waals surface area (Å²) in [6.45, 7) is 3.79. The summed E-state index contributed by atoms with van der Waals surface area (Å²) in [6, 6.07) is 14.8. The van der Waals surface area contributed by atoms with Gasteiger partial charge in [-0.25, -0.2) is 4.39 Å². The number of carbonyl (C=O) groups is 1. The minimum Gasteiger partial charge on any atom is -0.322 e. The lowest BCUT2D eigenvalue weighted by atomic mass is 10.1. The smallest absolute Gasteiger partial charge is 0.255 e. The average Bonchev–Trinajstić information content (AvgIpc) is 2.39. The molecule has 3 heteroatoms. The maximum absolute atomic E-state index is 13.0. The van der Waals surface area contributed by atoms with Crippen LogP contribution in [0.3, 0.4) is 0 Å². The van der Waals surface area contributed by atoms with Gasteiger partial charge in [0.15, 0.2) is 0 Å². The van der Waals surface area contributed by atoms with Gasteiger partial charge in [0.2, 0.25) is 0 Å². The number of hydrogen-bond donors (Lipinski definition) is 1. The Hall–Kier alpha value is -2.42. The number of rotatable bonds is 3. The SMILES string of the molecule is C=C(NC(=O)c1cccc(F)c1)c1ccccc1. The summed E-state index contributed by atoms with van der Waals surface area (Å²) in [7, 11) is 0. The van der Waals surface area contributed by atoms with E-state index in [2.05, 4.69) is 11.9 Å². The highest BCUT2D eigenvalue weighted by Gasteiger charge is 2.08.